The number of nitrogens with zero attached hydrogens (tertiary/aromatic N) is 1. The van der Waals surface area contributed by atoms with E-state index >= 15 is 0 Å². The summed E-state index contributed by atoms with van der Waals surface area (Å²) in [5.41, 5.74) is 1.75. The molecule has 0 aromatic heterocycles. The molecular weight excluding hydrogens is 441 g/mol. The SMILES string of the molecule is COC(=O)[C@H]1c2ccc(OCc3ccc(Cl)cc3Cl)cc2CCN1C(=O)OC(C)(C)C. The number of methoxy groups -OCH3 is 1. The standard InChI is InChI=1S/C23H25Cl2NO5/c1-23(2,3)31-22(28)26-10-9-14-11-17(7-8-18(14)20(26)21(27)29-4)30-13-15-5-6-16(24)12-19(15)25/h5-8,11-12,20H,9-10,13H2,1-4H3/t20-/m1/s1. The van der Waals surface area contributed by atoms with Crippen molar-refractivity contribution in [3.63, 3.8) is 0 Å². The van der Waals surface area contributed by atoms with Crippen molar-refractivity contribution >= 4 is 35.3 Å². The van der Waals surface area contributed by atoms with Gasteiger partial charge in [0.25, 0.3) is 0 Å². The predicted octanol–water partition coefficient (Wildman–Crippen LogP) is 5.58. The zero-order valence-electron chi connectivity index (χ0n) is 17.9. The Morgan fingerprint density at radius 1 is 1.13 bits per heavy atom. The first kappa shape index (κ1) is 23.2. The minimum absolute atomic E-state index is 0.277. The Morgan fingerprint density at radius 2 is 1.87 bits per heavy atom. The number of amides is 1. The fraction of sp³-hybridized carbons (Fsp3) is 0.391. The molecule has 1 amide bonds. The highest BCUT2D eigenvalue weighted by Crippen LogP contribution is 2.34. The van der Waals surface area contributed by atoms with E-state index in [9.17, 15) is 9.59 Å². The normalized spacial score (nSPS) is 15.8. The maximum Gasteiger partial charge on any atom is 0.411 e. The van der Waals surface area contributed by atoms with Crippen molar-refractivity contribution in [2.45, 2.75) is 45.4 Å². The van der Waals surface area contributed by atoms with Crippen LogP contribution in [-0.2, 0) is 27.3 Å². The largest absolute Gasteiger partial charge is 0.489 e. The highest BCUT2D eigenvalue weighted by atomic mass is 35.5. The number of rotatable bonds is 4. The Balaban J connectivity index is 1.82. The zero-order chi connectivity index (χ0) is 22.8. The number of benzene rings is 2. The lowest BCUT2D eigenvalue weighted by molar-refractivity contribution is -0.147. The summed E-state index contributed by atoms with van der Waals surface area (Å²) in [5, 5.41) is 1.09. The summed E-state index contributed by atoms with van der Waals surface area (Å²) in [6.45, 7) is 5.96. The maximum absolute atomic E-state index is 12.7. The van der Waals surface area contributed by atoms with Crippen molar-refractivity contribution in [2.75, 3.05) is 13.7 Å². The second-order valence-electron chi connectivity index (χ2n) is 8.23. The molecule has 1 atom stereocenters. The van der Waals surface area contributed by atoms with Gasteiger partial charge in [-0.25, -0.2) is 9.59 Å². The lowest BCUT2D eigenvalue weighted by atomic mass is 9.92. The third kappa shape index (κ3) is 5.63. The van der Waals surface area contributed by atoms with E-state index in [0.717, 1.165) is 11.1 Å². The molecule has 3 rings (SSSR count). The Bertz CT molecular complexity index is 986. The molecular formula is C23H25Cl2NO5. The van der Waals surface area contributed by atoms with E-state index in [0.29, 0.717) is 34.3 Å². The van der Waals surface area contributed by atoms with Gasteiger partial charge in [0, 0.05) is 22.2 Å². The second-order valence-corrected chi connectivity index (χ2v) is 9.08. The summed E-state index contributed by atoms with van der Waals surface area (Å²) in [6, 6.07) is 9.79. The molecule has 0 unspecified atom stereocenters. The molecule has 0 N–H and O–H groups in total. The van der Waals surface area contributed by atoms with E-state index < -0.39 is 23.7 Å². The van der Waals surface area contributed by atoms with Gasteiger partial charge in [0.2, 0.25) is 0 Å². The molecule has 1 aliphatic heterocycles. The monoisotopic (exact) mass is 465 g/mol. The molecule has 8 heteroatoms. The van der Waals surface area contributed by atoms with E-state index in [-0.39, 0.29) is 6.61 Å². The fourth-order valence-corrected chi connectivity index (χ4v) is 3.84. The van der Waals surface area contributed by atoms with Crippen LogP contribution in [0.5, 0.6) is 5.75 Å². The number of esters is 1. The van der Waals surface area contributed by atoms with Crippen LogP contribution in [-0.4, -0.2) is 36.2 Å². The Morgan fingerprint density at radius 3 is 2.52 bits per heavy atom. The van der Waals surface area contributed by atoms with Crippen LogP contribution in [0.2, 0.25) is 10.0 Å². The second kappa shape index (κ2) is 9.37. The quantitative estimate of drug-likeness (QED) is 0.551. The highest BCUT2D eigenvalue weighted by Gasteiger charge is 2.39. The molecule has 1 aliphatic rings. The first-order chi connectivity index (χ1) is 14.6. The molecule has 2 aromatic carbocycles. The fourth-order valence-electron chi connectivity index (χ4n) is 3.38. The van der Waals surface area contributed by atoms with Gasteiger partial charge in [-0.05, 0) is 62.6 Å². The summed E-state index contributed by atoms with van der Waals surface area (Å²) >= 11 is 12.1. The van der Waals surface area contributed by atoms with Gasteiger partial charge < -0.3 is 14.2 Å². The van der Waals surface area contributed by atoms with Crippen molar-refractivity contribution in [2.24, 2.45) is 0 Å². The summed E-state index contributed by atoms with van der Waals surface area (Å²) in [7, 11) is 1.30. The van der Waals surface area contributed by atoms with Gasteiger partial charge in [0.1, 0.15) is 18.0 Å². The minimum atomic E-state index is -0.872. The average Bonchev–Trinajstić information content (AvgIpc) is 2.70. The Kier molecular flexibility index (Phi) is 7.02. The minimum Gasteiger partial charge on any atom is -0.489 e. The first-order valence-corrected chi connectivity index (χ1v) is 10.6. The summed E-state index contributed by atoms with van der Waals surface area (Å²) in [6.07, 6.45) is 0.00676. The van der Waals surface area contributed by atoms with Crippen LogP contribution >= 0.6 is 23.2 Å². The number of hydrogen-bond acceptors (Lipinski definition) is 5. The van der Waals surface area contributed by atoms with Crippen LogP contribution in [0.4, 0.5) is 4.79 Å². The van der Waals surface area contributed by atoms with Gasteiger partial charge in [0.15, 0.2) is 6.04 Å². The zero-order valence-corrected chi connectivity index (χ0v) is 19.4. The summed E-state index contributed by atoms with van der Waals surface area (Å²) in [4.78, 5) is 26.6. The molecule has 6 nitrogen and oxygen atoms in total. The smallest absolute Gasteiger partial charge is 0.411 e. The molecule has 0 saturated heterocycles. The lowest BCUT2D eigenvalue weighted by Crippen LogP contribution is -2.46. The number of halogens is 2. The molecule has 0 aliphatic carbocycles. The van der Waals surface area contributed by atoms with E-state index in [4.69, 9.17) is 37.4 Å². The molecule has 2 aromatic rings. The van der Waals surface area contributed by atoms with Gasteiger partial charge >= 0.3 is 12.1 Å². The maximum atomic E-state index is 12.7. The molecule has 0 saturated carbocycles. The summed E-state index contributed by atoms with van der Waals surface area (Å²) in [5.74, 6) is 0.118. The first-order valence-electron chi connectivity index (χ1n) is 9.86. The van der Waals surface area contributed by atoms with Gasteiger partial charge in [-0.3, -0.25) is 4.90 Å². The molecule has 0 spiro atoms. The van der Waals surface area contributed by atoms with Crippen LogP contribution < -0.4 is 4.74 Å². The number of fused-ring (bicyclic) bond motifs is 1. The third-order valence-electron chi connectivity index (χ3n) is 4.80. The molecule has 31 heavy (non-hydrogen) atoms. The number of hydrogen-bond donors (Lipinski definition) is 0. The van der Waals surface area contributed by atoms with Crippen LogP contribution in [0.3, 0.4) is 0 Å². The molecule has 0 radical (unpaired) electrons. The van der Waals surface area contributed by atoms with Crippen molar-refractivity contribution in [3.8, 4) is 5.75 Å². The predicted molar refractivity (Wildman–Crippen MR) is 119 cm³/mol. The Hall–Kier alpha value is -2.44. The third-order valence-corrected chi connectivity index (χ3v) is 5.39. The van der Waals surface area contributed by atoms with Gasteiger partial charge in [-0.2, -0.15) is 0 Å². The number of carbonyl (C=O) groups excluding carboxylic acids is 2. The van der Waals surface area contributed by atoms with Crippen LogP contribution in [0.1, 0.15) is 43.5 Å². The van der Waals surface area contributed by atoms with Crippen LogP contribution in [0, 0.1) is 0 Å². The lowest BCUT2D eigenvalue weighted by Gasteiger charge is -2.36. The van der Waals surface area contributed by atoms with Gasteiger partial charge in [0.05, 0.1) is 7.11 Å². The van der Waals surface area contributed by atoms with E-state index in [1.165, 1.54) is 12.0 Å². The van der Waals surface area contributed by atoms with Crippen molar-refractivity contribution in [1.82, 2.24) is 4.90 Å². The average molecular weight is 466 g/mol. The highest BCUT2D eigenvalue weighted by molar-refractivity contribution is 6.35. The number of ether oxygens (including phenoxy) is 3. The molecule has 0 bridgehead atoms. The van der Waals surface area contributed by atoms with Crippen molar-refractivity contribution in [1.29, 1.82) is 0 Å². The van der Waals surface area contributed by atoms with Gasteiger partial charge in [-0.1, -0.05) is 35.3 Å². The molecule has 1 heterocycles. The van der Waals surface area contributed by atoms with Crippen LogP contribution in [0.25, 0.3) is 0 Å². The van der Waals surface area contributed by atoms with Crippen molar-refractivity contribution in [3.05, 3.63) is 63.1 Å². The van der Waals surface area contributed by atoms with E-state index in [1.54, 1.807) is 45.0 Å². The number of carbonyl (C=O) groups is 2. The van der Waals surface area contributed by atoms with Gasteiger partial charge in [-0.15, -0.1) is 0 Å². The van der Waals surface area contributed by atoms with E-state index in [2.05, 4.69) is 0 Å². The molecule has 0 fully saturated rings. The van der Waals surface area contributed by atoms with E-state index in [1.807, 2.05) is 12.1 Å². The molecule has 166 valence electrons. The van der Waals surface area contributed by atoms with Crippen molar-refractivity contribution < 1.29 is 23.8 Å². The topological polar surface area (TPSA) is 65.1 Å². The van der Waals surface area contributed by atoms with Crippen LogP contribution in [0.15, 0.2) is 36.4 Å². The Labute approximate surface area is 192 Å². The summed E-state index contributed by atoms with van der Waals surface area (Å²) < 4.78 is 16.3.